The van der Waals surface area contributed by atoms with Gasteiger partial charge in [0, 0.05) is 0 Å². The zero-order chi connectivity index (χ0) is 16.3. The van der Waals surface area contributed by atoms with Gasteiger partial charge in [-0.05, 0) is 24.3 Å². The zero-order valence-corrected chi connectivity index (χ0v) is 11.5. The van der Waals surface area contributed by atoms with Gasteiger partial charge in [0.15, 0.2) is 17.5 Å². The molecule has 0 aliphatic rings. The first-order chi connectivity index (χ1) is 10.4. The van der Waals surface area contributed by atoms with Gasteiger partial charge >= 0.3 is 11.8 Å². The van der Waals surface area contributed by atoms with Gasteiger partial charge in [-0.3, -0.25) is 9.59 Å². The van der Waals surface area contributed by atoms with Crippen molar-refractivity contribution >= 4 is 34.8 Å². The monoisotopic (exact) mass is 328 g/mol. The molecule has 114 valence electrons. The van der Waals surface area contributed by atoms with Crippen LogP contribution in [0.1, 0.15) is 0 Å². The van der Waals surface area contributed by atoms with Crippen molar-refractivity contribution in [3.63, 3.8) is 0 Å². The Morgan fingerprint density at radius 2 is 1.41 bits per heavy atom. The second-order valence-electron chi connectivity index (χ2n) is 4.11. The highest BCUT2D eigenvalue weighted by atomic mass is 35.5. The van der Waals surface area contributed by atoms with E-state index in [1.807, 2.05) is 5.32 Å². The van der Waals surface area contributed by atoms with Gasteiger partial charge in [-0.1, -0.05) is 23.7 Å². The molecule has 0 aliphatic carbocycles. The average molecular weight is 329 g/mol. The highest BCUT2D eigenvalue weighted by Crippen LogP contribution is 2.21. The van der Waals surface area contributed by atoms with Crippen molar-refractivity contribution in [1.82, 2.24) is 0 Å². The van der Waals surface area contributed by atoms with Gasteiger partial charge in [0.25, 0.3) is 0 Å². The fourth-order valence-electron chi connectivity index (χ4n) is 1.54. The SMILES string of the molecule is O=C(Nc1ccccc1Cl)C(=O)Nc1ccc(F)c(F)c1F. The number of rotatable bonds is 2. The molecule has 2 rings (SSSR count). The Morgan fingerprint density at radius 3 is 2.05 bits per heavy atom. The van der Waals surface area contributed by atoms with Crippen molar-refractivity contribution in [2.45, 2.75) is 0 Å². The lowest BCUT2D eigenvalue weighted by Gasteiger charge is -2.08. The third-order valence-electron chi connectivity index (χ3n) is 2.61. The predicted octanol–water partition coefficient (Wildman–Crippen LogP) is 3.33. The van der Waals surface area contributed by atoms with Crippen LogP contribution in [0.4, 0.5) is 24.5 Å². The Labute approximate surface area is 127 Å². The van der Waals surface area contributed by atoms with Crippen LogP contribution in [0.2, 0.25) is 5.02 Å². The van der Waals surface area contributed by atoms with Crippen molar-refractivity contribution in [1.29, 1.82) is 0 Å². The summed E-state index contributed by atoms with van der Waals surface area (Å²) in [7, 11) is 0. The Bertz CT molecular complexity index is 753. The molecular formula is C14H8ClF3N2O2. The second kappa shape index (κ2) is 6.48. The molecule has 0 aliphatic heterocycles. The summed E-state index contributed by atoms with van der Waals surface area (Å²) in [4.78, 5) is 23.3. The topological polar surface area (TPSA) is 58.2 Å². The largest absolute Gasteiger partial charge is 0.316 e. The van der Waals surface area contributed by atoms with Crippen LogP contribution >= 0.6 is 11.6 Å². The van der Waals surface area contributed by atoms with Gasteiger partial charge < -0.3 is 10.6 Å². The molecule has 0 spiro atoms. The number of benzene rings is 2. The lowest BCUT2D eigenvalue weighted by Crippen LogP contribution is -2.29. The number of amides is 2. The summed E-state index contributed by atoms with van der Waals surface area (Å²) < 4.78 is 39.2. The molecule has 2 aromatic carbocycles. The van der Waals surface area contributed by atoms with Crippen molar-refractivity contribution in [3.05, 3.63) is 58.9 Å². The molecule has 8 heteroatoms. The predicted molar refractivity (Wildman–Crippen MR) is 75.0 cm³/mol. The Morgan fingerprint density at radius 1 is 0.818 bits per heavy atom. The Hall–Kier alpha value is -2.54. The summed E-state index contributed by atoms with van der Waals surface area (Å²) in [6.45, 7) is 0. The van der Waals surface area contributed by atoms with E-state index < -0.39 is 35.0 Å². The van der Waals surface area contributed by atoms with Crippen LogP contribution in [-0.2, 0) is 9.59 Å². The van der Waals surface area contributed by atoms with E-state index in [9.17, 15) is 22.8 Å². The standard InChI is InChI=1S/C14H8ClF3N2O2/c15-7-3-1-2-4-9(7)19-13(21)14(22)20-10-6-5-8(16)11(17)12(10)18/h1-6H,(H,19,21)(H,20,22). The summed E-state index contributed by atoms with van der Waals surface area (Å²) in [6, 6.07) is 7.56. The summed E-state index contributed by atoms with van der Waals surface area (Å²) in [6.07, 6.45) is 0. The summed E-state index contributed by atoms with van der Waals surface area (Å²) in [5.41, 5.74) is -0.478. The molecule has 0 aromatic heterocycles. The number of anilines is 2. The van der Waals surface area contributed by atoms with E-state index >= 15 is 0 Å². The zero-order valence-electron chi connectivity index (χ0n) is 10.8. The molecule has 22 heavy (non-hydrogen) atoms. The molecule has 0 atom stereocenters. The molecular weight excluding hydrogens is 321 g/mol. The van der Waals surface area contributed by atoms with Crippen LogP contribution in [0.15, 0.2) is 36.4 Å². The highest BCUT2D eigenvalue weighted by Gasteiger charge is 2.19. The number of hydrogen-bond donors (Lipinski definition) is 2. The van der Waals surface area contributed by atoms with E-state index in [1.54, 1.807) is 12.1 Å². The smallest absolute Gasteiger partial charge is 0.314 e. The average Bonchev–Trinajstić information content (AvgIpc) is 2.50. The minimum absolute atomic E-state index is 0.176. The first kappa shape index (κ1) is 15.8. The normalized spacial score (nSPS) is 10.2. The fraction of sp³-hybridized carbons (Fsp3) is 0. The molecule has 0 saturated carbocycles. The minimum Gasteiger partial charge on any atom is -0.316 e. The molecule has 2 amide bonds. The van der Waals surface area contributed by atoms with E-state index in [4.69, 9.17) is 11.6 Å². The van der Waals surface area contributed by atoms with Crippen LogP contribution in [0, 0.1) is 17.5 Å². The summed E-state index contributed by atoms with van der Waals surface area (Å²) in [5.74, 6) is -7.15. The van der Waals surface area contributed by atoms with Gasteiger partial charge in [0.05, 0.1) is 16.4 Å². The first-order valence-corrected chi connectivity index (χ1v) is 6.28. The minimum atomic E-state index is -1.75. The number of carbonyl (C=O) groups is 2. The Kier molecular flexibility index (Phi) is 4.67. The number of para-hydroxylation sites is 1. The Balaban J connectivity index is 2.11. The molecule has 4 nitrogen and oxygen atoms in total. The fourth-order valence-corrected chi connectivity index (χ4v) is 1.73. The second-order valence-corrected chi connectivity index (χ2v) is 4.52. The maximum Gasteiger partial charge on any atom is 0.314 e. The van der Waals surface area contributed by atoms with Gasteiger partial charge in [-0.2, -0.15) is 0 Å². The van der Waals surface area contributed by atoms with E-state index in [1.165, 1.54) is 12.1 Å². The van der Waals surface area contributed by atoms with Gasteiger partial charge in [-0.25, -0.2) is 13.2 Å². The van der Waals surface area contributed by atoms with Crippen LogP contribution < -0.4 is 10.6 Å². The van der Waals surface area contributed by atoms with Crippen LogP contribution in [-0.4, -0.2) is 11.8 Å². The summed E-state index contributed by atoms with van der Waals surface area (Å²) >= 11 is 5.80. The number of hydrogen-bond acceptors (Lipinski definition) is 2. The van der Waals surface area contributed by atoms with Crippen molar-refractivity contribution in [2.75, 3.05) is 10.6 Å². The molecule has 0 bridgehead atoms. The molecule has 0 fully saturated rings. The first-order valence-electron chi connectivity index (χ1n) is 5.90. The van der Waals surface area contributed by atoms with Gasteiger partial charge in [0.2, 0.25) is 0 Å². The highest BCUT2D eigenvalue weighted by molar-refractivity contribution is 6.44. The van der Waals surface area contributed by atoms with Crippen LogP contribution in [0.3, 0.4) is 0 Å². The van der Waals surface area contributed by atoms with Gasteiger partial charge in [-0.15, -0.1) is 0 Å². The van der Waals surface area contributed by atoms with E-state index in [-0.39, 0.29) is 10.7 Å². The molecule has 0 saturated heterocycles. The quantitative estimate of drug-likeness (QED) is 0.656. The molecule has 2 aromatic rings. The third kappa shape index (κ3) is 3.37. The lowest BCUT2D eigenvalue weighted by molar-refractivity contribution is -0.133. The number of carbonyl (C=O) groups excluding carboxylic acids is 2. The van der Waals surface area contributed by atoms with Crippen LogP contribution in [0.5, 0.6) is 0 Å². The number of nitrogens with one attached hydrogen (secondary N) is 2. The molecule has 0 heterocycles. The van der Waals surface area contributed by atoms with Crippen LogP contribution in [0.25, 0.3) is 0 Å². The summed E-state index contributed by atoms with van der Waals surface area (Å²) in [5, 5.41) is 4.24. The van der Waals surface area contributed by atoms with Crippen molar-refractivity contribution in [2.24, 2.45) is 0 Å². The van der Waals surface area contributed by atoms with E-state index in [0.717, 1.165) is 6.07 Å². The van der Waals surface area contributed by atoms with Gasteiger partial charge in [0.1, 0.15) is 0 Å². The molecule has 2 N–H and O–H groups in total. The maximum absolute atomic E-state index is 13.4. The lowest BCUT2D eigenvalue weighted by atomic mass is 10.2. The third-order valence-corrected chi connectivity index (χ3v) is 2.94. The number of halogens is 4. The molecule has 0 radical (unpaired) electrons. The molecule has 0 unspecified atom stereocenters. The van der Waals surface area contributed by atoms with E-state index in [0.29, 0.717) is 6.07 Å². The van der Waals surface area contributed by atoms with E-state index in [2.05, 4.69) is 5.32 Å². The van der Waals surface area contributed by atoms with Crippen molar-refractivity contribution < 1.29 is 22.8 Å². The van der Waals surface area contributed by atoms with Crippen molar-refractivity contribution in [3.8, 4) is 0 Å². The maximum atomic E-state index is 13.4.